The molecule has 3 rings (SSSR count). The molecule has 1 heterocycles. The van der Waals surface area contributed by atoms with Crippen LogP contribution in [0.1, 0.15) is 30.5 Å². The Bertz CT molecular complexity index is 953. The number of thioether (sulfide) groups is 1. The molecule has 1 amide bonds. The Hall–Kier alpha value is -2.31. The molecule has 0 aromatic heterocycles. The zero-order valence-corrected chi connectivity index (χ0v) is 18.1. The molecule has 1 aliphatic rings. The van der Waals surface area contributed by atoms with E-state index in [9.17, 15) is 4.79 Å². The van der Waals surface area contributed by atoms with Crippen LogP contribution in [0, 0.1) is 13.8 Å². The van der Waals surface area contributed by atoms with Crippen LogP contribution in [-0.2, 0) is 4.79 Å². The van der Waals surface area contributed by atoms with Crippen LogP contribution in [0.2, 0.25) is 0 Å². The number of amides is 1. The molecular weight excluding hydrogens is 390 g/mol. The summed E-state index contributed by atoms with van der Waals surface area (Å²) in [6.45, 7) is 8.99. The number of anilines is 1. The van der Waals surface area contributed by atoms with Crippen molar-refractivity contribution < 1.29 is 14.3 Å². The molecule has 2 aromatic carbocycles. The van der Waals surface area contributed by atoms with Crippen molar-refractivity contribution >= 4 is 46.0 Å². The van der Waals surface area contributed by atoms with Gasteiger partial charge in [-0.2, -0.15) is 0 Å². The van der Waals surface area contributed by atoms with E-state index < -0.39 is 0 Å². The number of thiocarbonyl (C=S) groups is 1. The summed E-state index contributed by atoms with van der Waals surface area (Å²) in [6, 6.07) is 11.7. The Kier molecular flexibility index (Phi) is 6.42. The number of carbonyl (C=O) groups is 1. The van der Waals surface area contributed by atoms with Gasteiger partial charge in [0.15, 0.2) is 15.8 Å². The molecule has 0 aliphatic carbocycles. The van der Waals surface area contributed by atoms with E-state index in [0.29, 0.717) is 33.9 Å². The molecule has 1 fully saturated rings. The summed E-state index contributed by atoms with van der Waals surface area (Å²) in [4.78, 5) is 15.2. The summed E-state index contributed by atoms with van der Waals surface area (Å²) < 4.78 is 11.8. The molecule has 4 nitrogen and oxygen atoms in total. The van der Waals surface area contributed by atoms with E-state index in [1.54, 1.807) is 4.90 Å². The zero-order valence-electron chi connectivity index (χ0n) is 16.4. The smallest absolute Gasteiger partial charge is 0.270 e. The molecule has 0 bridgehead atoms. The van der Waals surface area contributed by atoms with Crippen molar-refractivity contribution in [2.24, 2.45) is 0 Å². The van der Waals surface area contributed by atoms with Crippen LogP contribution in [0.4, 0.5) is 5.69 Å². The minimum absolute atomic E-state index is 0.103. The van der Waals surface area contributed by atoms with Gasteiger partial charge in [-0.05, 0) is 63.1 Å². The van der Waals surface area contributed by atoms with E-state index in [1.165, 1.54) is 11.8 Å². The van der Waals surface area contributed by atoms with Crippen LogP contribution < -0.4 is 14.4 Å². The fourth-order valence-electron chi connectivity index (χ4n) is 3.04. The first-order valence-electron chi connectivity index (χ1n) is 9.19. The van der Waals surface area contributed by atoms with Crippen molar-refractivity contribution in [3.8, 4) is 11.5 Å². The second-order valence-corrected chi connectivity index (χ2v) is 8.06. The van der Waals surface area contributed by atoms with Gasteiger partial charge < -0.3 is 9.47 Å². The molecule has 0 atom stereocenters. The summed E-state index contributed by atoms with van der Waals surface area (Å²) >= 11 is 6.81. The summed E-state index contributed by atoms with van der Waals surface area (Å²) in [7, 11) is 0. The first-order chi connectivity index (χ1) is 13.4. The van der Waals surface area contributed by atoms with Crippen LogP contribution >= 0.6 is 24.0 Å². The van der Waals surface area contributed by atoms with E-state index >= 15 is 0 Å². The van der Waals surface area contributed by atoms with Gasteiger partial charge in [0.1, 0.15) is 0 Å². The lowest BCUT2D eigenvalue weighted by Crippen LogP contribution is -2.28. The van der Waals surface area contributed by atoms with Gasteiger partial charge in [-0.1, -0.05) is 47.7 Å². The van der Waals surface area contributed by atoms with Gasteiger partial charge in [0.2, 0.25) is 0 Å². The first kappa shape index (κ1) is 20.4. The maximum Gasteiger partial charge on any atom is 0.270 e. The van der Waals surface area contributed by atoms with Crippen molar-refractivity contribution in [3.05, 3.63) is 58.0 Å². The highest BCUT2D eigenvalue weighted by Gasteiger charge is 2.34. The van der Waals surface area contributed by atoms with Gasteiger partial charge in [0.05, 0.1) is 23.8 Å². The zero-order chi connectivity index (χ0) is 20.3. The Morgan fingerprint density at radius 1 is 1.04 bits per heavy atom. The van der Waals surface area contributed by atoms with Crippen LogP contribution in [-0.4, -0.2) is 23.4 Å². The summed E-state index contributed by atoms with van der Waals surface area (Å²) in [6.07, 6.45) is 1.85. The van der Waals surface area contributed by atoms with Crippen molar-refractivity contribution in [2.45, 2.75) is 27.7 Å². The summed E-state index contributed by atoms with van der Waals surface area (Å²) in [5.74, 6) is 1.26. The predicted molar refractivity (Wildman–Crippen MR) is 120 cm³/mol. The van der Waals surface area contributed by atoms with E-state index in [-0.39, 0.29) is 5.91 Å². The second kappa shape index (κ2) is 8.80. The predicted octanol–water partition coefficient (Wildman–Crippen LogP) is 5.51. The molecule has 2 aromatic rings. The molecule has 28 heavy (non-hydrogen) atoms. The Labute approximate surface area is 175 Å². The van der Waals surface area contributed by atoms with Gasteiger partial charge in [-0.15, -0.1) is 0 Å². The average Bonchev–Trinajstić information content (AvgIpc) is 2.92. The normalized spacial score (nSPS) is 15.4. The van der Waals surface area contributed by atoms with Crippen molar-refractivity contribution in [1.82, 2.24) is 0 Å². The molecule has 6 heteroatoms. The molecular formula is C22H23NO3S2. The number of hydrogen-bond acceptors (Lipinski definition) is 5. The number of benzene rings is 2. The molecule has 0 radical (unpaired) electrons. The molecule has 0 unspecified atom stereocenters. The van der Waals surface area contributed by atoms with E-state index in [2.05, 4.69) is 6.07 Å². The number of nitrogens with zero attached hydrogens (tertiary/aromatic N) is 1. The Morgan fingerprint density at radius 2 is 1.75 bits per heavy atom. The monoisotopic (exact) mass is 413 g/mol. The quantitative estimate of drug-likeness (QED) is 0.461. The van der Waals surface area contributed by atoms with E-state index in [4.69, 9.17) is 21.7 Å². The second-order valence-electron chi connectivity index (χ2n) is 6.38. The minimum Gasteiger partial charge on any atom is -0.490 e. The number of ether oxygens (including phenoxy) is 2. The molecule has 146 valence electrons. The van der Waals surface area contributed by atoms with Crippen LogP contribution in [0.25, 0.3) is 6.08 Å². The highest BCUT2D eigenvalue weighted by Crippen LogP contribution is 2.38. The number of hydrogen-bond donors (Lipinski definition) is 0. The maximum atomic E-state index is 13.0. The lowest BCUT2D eigenvalue weighted by atomic mass is 10.1. The summed E-state index contributed by atoms with van der Waals surface area (Å²) in [5.41, 5.74) is 3.88. The van der Waals surface area contributed by atoms with Crippen LogP contribution in [0.5, 0.6) is 11.5 Å². The van der Waals surface area contributed by atoms with Gasteiger partial charge in [-0.25, -0.2) is 0 Å². The number of rotatable bonds is 6. The fraction of sp³-hybridized carbons (Fsp3) is 0.273. The van der Waals surface area contributed by atoms with Gasteiger partial charge in [-0.3, -0.25) is 9.69 Å². The van der Waals surface area contributed by atoms with Gasteiger partial charge in [0.25, 0.3) is 5.91 Å². The molecule has 1 saturated heterocycles. The highest BCUT2D eigenvalue weighted by atomic mass is 32.2. The third-order valence-corrected chi connectivity index (χ3v) is 5.55. The van der Waals surface area contributed by atoms with Crippen molar-refractivity contribution in [2.75, 3.05) is 18.1 Å². The third-order valence-electron chi connectivity index (χ3n) is 4.25. The molecule has 1 aliphatic heterocycles. The van der Waals surface area contributed by atoms with Gasteiger partial charge >= 0.3 is 0 Å². The first-order valence-corrected chi connectivity index (χ1v) is 10.4. The number of carbonyl (C=O) groups excluding carboxylic acids is 1. The van der Waals surface area contributed by atoms with Gasteiger partial charge in [0, 0.05) is 0 Å². The maximum absolute atomic E-state index is 13.0. The lowest BCUT2D eigenvalue weighted by molar-refractivity contribution is -0.113. The summed E-state index contributed by atoms with van der Waals surface area (Å²) in [5, 5.41) is 0. The highest BCUT2D eigenvalue weighted by molar-refractivity contribution is 8.27. The number of aryl methyl sites for hydroxylation is 2. The standard InChI is InChI=1S/C22H23NO3S2/c1-5-25-18-10-8-16(12-19(18)26-6-2)13-20-21(24)23(22(27)28-20)17-9-7-14(3)11-15(17)4/h7-13H,5-6H2,1-4H3/b20-13-. The Morgan fingerprint density at radius 3 is 2.43 bits per heavy atom. The average molecular weight is 414 g/mol. The third kappa shape index (κ3) is 4.23. The molecule has 0 spiro atoms. The lowest BCUT2D eigenvalue weighted by Gasteiger charge is -2.17. The van der Waals surface area contributed by atoms with Crippen molar-refractivity contribution in [1.29, 1.82) is 0 Å². The molecule has 0 saturated carbocycles. The topological polar surface area (TPSA) is 38.8 Å². The minimum atomic E-state index is -0.103. The van der Waals surface area contributed by atoms with Crippen molar-refractivity contribution in [3.63, 3.8) is 0 Å². The fourth-order valence-corrected chi connectivity index (χ4v) is 4.33. The Balaban J connectivity index is 1.92. The van der Waals surface area contributed by atoms with Crippen LogP contribution in [0.15, 0.2) is 41.3 Å². The SMILES string of the molecule is CCOc1ccc(/C=C2\SC(=S)N(c3ccc(C)cc3C)C2=O)cc1OCC. The van der Waals surface area contributed by atoms with Crippen LogP contribution in [0.3, 0.4) is 0 Å². The largest absolute Gasteiger partial charge is 0.490 e. The molecule has 0 N–H and O–H groups in total. The van der Waals surface area contributed by atoms with E-state index in [1.807, 2.05) is 64.1 Å². The van der Waals surface area contributed by atoms with E-state index in [0.717, 1.165) is 22.4 Å².